The van der Waals surface area contributed by atoms with Gasteiger partial charge in [0.2, 0.25) is 5.91 Å². The molecule has 82 valence electrons. The molecule has 1 amide bonds. The van der Waals surface area contributed by atoms with Gasteiger partial charge in [0, 0.05) is 0 Å². The molecule has 3 N–H and O–H groups in total. The highest BCUT2D eigenvalue weighted by molar-refractivity contribution is 5.78. The Morgan fingerprint density at radius 3 is 2.47 bits per heavy atom. The Balaban J connectivity index is 2.69. The summed E-state index contributed by atoms with van der Waals surface area (Å²) in [7, 11) is 0. The van der Waals surface area contributed by atoms with Crippen molar-refractivity contribution in [2.24, 2.45) is 5.73 Å². The molecule has 0 saturated carbocycles. The zero-order valence-electron chi connectivity index (χ0n) is 8.89. The Labute approximate surface area is 89.9 Å². The molecule has 1 aromatic rings. The Kier molecular flexibility index (Phi) is 4.31. The summed E-state index contributed by atoms with van der Waals surface area (Å²) in [6.45, 7) is 2.03. The second-order valence-electron chi connectivity index (χ2n) is 3.67. The van der Waals surface area contributed by atoms with Crippen LogP contribution >= 0.6 is 0 Å². The van der Waals surface area contributed by atoms with Crippen LogP contribution in [0.5, 0.6) is 0 Å². The molecule has 0 aromatic heterocycles. The lowest BCUT2D eigenvalue weighted by molar-refractivity contribution is -0.126. The number of hydrogen-bond acceptors (Lipinski definition) is 2. The molecule has 1 rings (SSSR count). The molecule has 0 aliphatic rings. The van der Waals surface area contributed by atoms with E-state index in [0.29, 0.717) is 6.42 Å². The highest BCUT2D eigenvalue weighted by atomic mass is 16.3. The molecule has 0 spiro atoms. The number of aliphatic hydroxyl groups is 1. The molecule has 0 radical (unpaired) electrons. The molecule has 0 heterocycles. The number of hydrogen-bond donors (Lipinski definition) is 2. The minimum atomic E-state index is -1.05. The maximum absolute atomic E-state index is 10.8. The van der Waals surface area contributed by atoms with Gasteiger partial charge in [-0.05, 0) is 24.3 Å². The van der Waals surface area contributed by atoms with Crippen molar-refractivity contribution in [3.63, 3.8) is 0 Å². The van der Waals surface area contributed by atoms with Crippen LogP contribution in [-0.2, 0) is 4.79 Å². The quantitative estimate of drug-likeness (QED) is 0.767. The number of nitrogens with two attached hydrogens (primary N) is 1. The average Bonchev–Trinajstić information content (AvgIpc) is 2.26. The van der Waals surface area contributed by atoms with E-state index in [2.05, 4.69) is 0 Å². The van der Waals surface area contributed by atoms with Crippen molar-refractivity contribution in [1.82, 2.24) is 0 Å². The highest BCUT2D eigenvalue weighted by Gasteiger charge is 2.18. The van der Waals surface area contributed by atoms with Crippen molar-refractivity contribution in [2.75, 3.05) is 0 Å². The second-order valence-corrected chi connectivity index (χ2v) is 3.67. The molecule has 3 nitrogen and oxygen atoms in total. The summed E-state index contributed by atoms with van der Waals surface area (Å²) < 4.78 is 0. The molecular weight excluding hydrogens is 190 g/mol. The fraction of sp³-hybridized carbons (Fsp3) is 0.417. The first-order chi connectivity index (χ1) is 7.15. The van der Waals surface area contributed by atoms with Crippen LogP contribution in [-0.4, -0.2) is 17.1 Å². The SMILES string of the molecule is CCC(CC(O)C(N)=O)c1ccccc1. The Bertz CT molecular complexity index is 311. The number of aliphatic hydroxyl groups excluding tert-OH is 1. The van der Waals surface area contributed by atoms with Crippen LogP contribution in [0.1, 0.15) is 31.2 Å². The third-order valence-electron chi connectivity index (χ3n) is 2.60. The highest BCUT2D eigenvalue weighted by Crippen LogP contribution is 2.24. The zero-order valence-corrected chi connectivity index (χ0v) is 8.89. The number of carbonyl (C=O) groups excluding carboxylic acids is 1. The Morgan fingerprint density at radius 1 is 1.40 bits per heavy atom. The topological polar surface area (TPSA) is 63.3 Å². The summed E-state index contributed by atoms with van der Waals surface area (Å²) in [4.78, 5) is 10.8. The van der Waals surface area contributed by atoms with Crippen LogP contribution in [0.4, 0.5) is 0 Å². The lowest BCUT2D eigenvalue weighted by Gasteiger charge is -2.17. The van der Waals surface area contributed by atoms with E-state index < -0.39 is 12.0 Å². The minimum Gasteiger partial charge on any atom is -0.383 e. The number of primary amides is 1. The van der Waals surface area contributed by atoms with Gasteiger partial charge in [-0.15, -0.1) is 0 Å². The van der Waals surface area contributed by atoms with Crippen molar-refractivity contribution < 1.29 is 9.90 Å². The molecule has 0 aliphatic heterocycles. The monoisotopic (exact) mass is 207 g/mol. The number of carbonyl (C=O) groups is 1. The summed E-state index contributed by atoms with van der Waals surface area (Å²) >= 11 is 0. The third-order valence-corrected chi connectivity index (χ3v) is 2.60. The van der Waals surface area contributed by atoms with E-state index >= 15 is 0 Å². The standard InChI is InChI=1S/C12H17NO2/c1-2-9(8-11(14)12(13)15)10-6-4-3-5-7-10/h3-7,9,11,14H,2,8H2,1H3,(H2,13,15). The molecule has 0 fully saturated rings. The number of benzene rings is 1. The van der Waals surface area contributed by atoms with Gasteiger partial charge in [-0.1, -0.05) is 37.3 Å². The number of rotatable bonds is 5. The summed E-state index contributed by atoms with van der Waals surface area (Å²) in [6, 6.07) is 9.85. The fourth-order valence-electron chi connectivity index (χ4n) is 1.65. The smallest absolute Gasteiger partial charge is 0.246 e. The van der Waals surface area contributed by atoms with Gasteiger partial charge in [0.25, 0.3) is 0 Å². The van der Waals surface area contributed by atoms with E-state index in [9.17, 15) is 9.90 Å². The molecule has 0 bridgehead atoms. The first-order valence-corrected chi connectivity index (χ1v) is 5.17. The van der Waals surface area contributed by atoms with Crippen molar-refractivity contribution >= 4 is 5.91 Å². The van der Waals surface area contributed by atoms with Gasteiger partial charge in [0.15, 0.2) is 0 Å². The van der Waals surface area contributed by atoms with Crippen LogP contribution in [0.15, 0.2) is 30.3 Å². The first kappa shape index (κ1) is 11.7. The number of amides is 1. The summed E-state index contributed by atoms with van der Waals surface area (Å²) in [6.07, 6.45) is 0.236. The minimum absolute atomic E-state index is 0.189. The molecule has 15 heavy (non-hydrogen) atoms. The van der Waals surface area contributed by atoms with Crippen molar-refractivity contribution in [2.45, 2.75) is 31.8 Å². The summed E-state index contributed by atoms with van der Waals surface area (Å²) in [5, 5.41) is 9.41. The lowest BCUT2D eigenvalue weighted by Crippen LogP contribution is -2.29. The summed E-state index contributed by atoms with van der Waals surface area (Å²) in [5.74, 6) is -0.460. The van der Waals surface area contributed by atoms with Gasteiger partial charge in [-0.2, -0.15) is 0 Å². The van der Waals surface area contributed by atoms with Crippen LogP contribution in [0.25, 0.3) is 0 Å². The molecular formula is C12H17NO2. The zero-order chi connectivity index (χ0) is 11.3. The van der Waals surface area contributed by atoms with Crippen molar-refractivity contribution in [1.29, 1.82) is 0 Å². The molecule has 2 atom stereocenters. The fourth-order valence-corrected chi connectivity index (χ4v) is 1.65. The molecule has 0 saturated heterocycles. The Morgan fingerprint density at radius 2 is 2.00 bits per heavy atom. The van der Waals surface area contributed by atoms with Crippen LogP contribution in [0, 0.1) is 0 Å². The van der Waals surface area contributed by atoms with Crippen molar-refractivity contribution in [3.8, 4) is 0 Å². The van der Waals surface area contributed by atoms with E-state index in [0.717, 1.165) is 12.0 Å². The first-order valence-electron chi connectivity index (χ1n) is 5.17. The van der Waals surface area contributed by atoms with Gasteiger partial charge in [0.05, 0.1) is 0 Å². The normalized spacial score (nSPS) is 14.5. The van der Waals surface area contributed by atoms with E-state index in [1.165, 1.54) is 0 Å². The van der Waals surface area contributed by atoms with Gasteiger partial charge in [0.1, 0.15) is 6.10 Å². The average molecular weight is 207 g/mol. The molecule has 0 aliphatic carbocycles. The summed E-state index contributed by atoms with van der Waals surface area (Å²) in [5.41, 5.74) is 6.17. The van der Waals surface area contributed by atoms with E-state index in [1.54, 1.807) is 0 Å². The molecule has 1 aromatic carbocycles. The molecule has 3 heteroatoms. The largest absolute Gasteiger partial charge is 0.383 e. The predicted molar refractivity (Wildman–Crippen MR) is 59.3 cm³/mol. The lowest BCUT2D eigenvalue weighted by atomic mass is 9.91. The Hall–Kier alpha value is -1.35. The van der Waals surface area contributed by atoms with Crippen LogP contribution in [0.2, 0.25) is 0 Å². The van der Waals surface area contributed by atoms with Crippen LogP contribution in [0.3, 0.4) is 0 Å². The van der Waals surface area contributed by atoms with Gasteiger partial charge >= 0.3 is 0 Å². The van der Waals surface area contributed by atoms with Crippen LogP contribution < -0.4 is 5.73 Å². The van der Waals surface area contributed by atoms with Gasteiger partial charge < -0.3 is 10.8 Å². The predicted octanol–water partition coefficient (Wildman–Crippen LogP) is 1.42. The van der Waals surface area contributed by atoms with Crippen molar-refractivity contribution in [3.05, 3.63) is 35.9 Å². The third kappa shape index (κ3) is 3.36. The van der Waals surface area contributed by atoms with Gasteiger partial charge in [-0.25, -0.2) is 0 Å². The van der Waals surface area contributed by atoms with E-state index in [4.69, 9.17) is 5.73 Å². The van der Waals surface area contributed by atoms with E-state index in [1.807, 2.05) is 37.3 Å². The second kappa shape index (κ2) is 5.51. The van der Waals surface area contributed by atoms with E-state index in [-0.39, 0.29) is 5.92 Å². The molecule has 2 unspecified atom stereocenters. The van der Waals surface area contributed by atoms with Gasteiger partial charge in [-0.3, -0.25) is 4.79 Å². The maximum atomic E-state index is 10.8. The maximum Gasteiger partial charge on any atom is 0.246 e.